The fraction of sp³-hybridized carbons (Fsp3) is 0.579. The van der Waals surface area contributed by atoms with Crippen molar-refractivity contribution in [3.05, 3.63) is 18.2 Å². The van der Waals surface area contributed by atoms with Crippen molar-refractivity contribution in [2.24, 2.45) is 0 Å². The first kappa shape index (κ1) is 20.2. The molecule has 2 aliphatic heterocycles. The Morgan fingerprint density at radius 3 is 2.82 bits per heavy atom. The van der Waals surface area contributed by atoms with Gasteiger partial charge >= 0.3 is 6.03 Å². The number of carbonyl (C=O) groups excluding carboxylic acids is 2. The van der Waals surface area contributed by atoms with Crippen LogP contribution in [0.1, 0.15) is 12.8 Å². The summed E-state index contributed by atoms with van der Waals surface area (Å²) in [5.41, 5.74) is 0.614. The molecule has 2 heterocycles. The van der Waals surface area contributed by atoms with Crippen LogP contribution < -0.4 is 25.4 Å². The molecule has 0 aromatic heterocycles. The van der Waals surface area contributed by atoms with Crippen LogP contribution in [0, 0.1) is 0 Å². The predicted molar refractivity (Wildman–Crippen MR) is 104 cm³/mol. The van der Waals surface area contributed by atoms with Crippen LogP contribution in [0.15, 0.2) is 18.2 Å². The zero-order valence-corrected chi connectivity index (χ0v) is 16.2. The minimum absolute atomic E-state index is 0.122. The highest BCUT2D eigenvalue weighted by atomic mass is 16.6. The minimum Gasteiger partial charge on any atom is -0.486 e. The Bertz CT molecular complexity index is 684. The lowest BCUT2D eigenvalue weighted by Crippen LogP contribution is -2.48. The van der Waals surface area contributed by atoms with Crippen molar-refractivity contribution in [3.63, 3.8) is 0 Å². The summed E-state index contributed by atoms with van der Waals surface area (Å²) >= 11 is 0. The molecule has 1 aromatic rings. The second-order valence-electron chi connectivity index (χ2n) is 6.67. The van der Waals surface area contributed by atoms with Crippen LogP contribution in [0.3, 0.4) is 0 Å². The number of ether oxygens (including phenoxy) is 3. The van der Waals surface area contributed by atoms with E-state index in [0.717, 1.165) is 13.0 Å². The van der Waals surface area contributed by atoms with Gasteiger partial charge in [-0.05, 0) is 25.0 Å². The number of likely N-dealkylation sites (tertiary alicyclic amines) is 1. The Balaban J connectivity index is 1.49. The lowest BCUT2D eigenvalue weighted by atomic mass is 10.2. The SMILES string of the molecule is COCCNCCNC(=O)[C@@H]1CCCN1C(=O)Nc1ccc2c(c1)OCCO2. The van der Waals surface area contributed by atoms with E-state index in [9.17, 15) is 9.59 Å². The van der Waals surface area contributed by atoms with E-state index in [4.69, 9.17) is 14.2 Å². The molecule has 9 nitrogen and oxygen atoms in total. The number of urea groups is 1. The van der Waals surface area contributed by atoms with E-state index in [-0.39, 0.29) is 11.9 Å². The van der Waals surface area contributed by atoms with Gasteiger partial charge in [0.25, 0.3) is 0 Å². The molecule has 9 heteroatoms. The first-order chi connectivity index (χ1) is 13.7. The molecule has 0 bridgehead atoms. The van der Waals surface area contributed by atoms with Crippen molar-refractivity contribution in [1.82, 2.24) is 15.5 Å². The van der Waals surface area contributed by atoms with Crippen molar-refractivity contribution < 1.29 is 23.8 Å². The molecule has 0 radical (unpaired) electrons. The number of rotatable bonds is 8. The maximum absolute atomic E-state index is 12.7. The molecule has 0 spiro atoms. The summed E-state index contributed by atoms with van der Waals surface area (Å²) in [4.78, 5) is 26.7. The molecular weight excluding hydrogens is 364 g/mol. The fourth-order valence-electron chi connectivity index (χ4n) is 3.29. The zero-order chi connectivity index (χ0) is 19.8. The largest absolute Gasteiger partial charge is 0.486 e. The van der Waals surface area contributed by atoms with Gasteiger partial charge in [-0.1, -0.05) is 0 Å². The molecule has 2 aliphatic rings. The van der Waals surface area contributed by atoms with E-state index in [1.165, 1.54) is 0 Å². The first-order valence-electron chi connectivity index (χ1n) is 9.63. The Morgan fingerprint density at radius 1 is 1.18 bits per heavy atom. The summed E-state index contributed by atoms with van der Waals surface area (Å²) in [6.45, 7) is 4.09. The van der Waals surface area contributed by atoms with Crippen LogP contribution in [-0.4, -0.2) is 76.0 Å². The number of carbonyl (C=O) groups is 2. The van der Waals surface area contributed by atoms with Gasteiger partial charge in [0.1, 0.15) is 19.3 Å². The van der Waals surface area contributed by atoms with Crippen LogP contribution in [0.2, 0.25) is 0 Å². The summed E-state index contributed by atoms with van der Waals surface area (Å²) < 4.78 is 16.0. The third-order valence-electron chi connectivity index (χ3n) is 4.69. The normalized spacial score (nSPS) is 18.0. The van der Waals surface area contributed by atoms with Crippen LogP contribution >= 0.6 is 0 Å². The lowest BCUT2D eigenvalue weighted by molar-refractivity contribution is -0.124. The van der Waals surface area contributed by atoms with Crippen LogP contribution in [-0.2, 0) is 9.53 Å². The van der Waals surface area contributed by atoms with Crippen LogP contribution in [0.4, 0.5) is 10.5 Å². The van der Waals surface area contributed by atoms with Gasteiger partial charge < -0.3 is 35.1 Å². The number of nitrogens with zero attached hydrogens (tertiary/aromatic N) is 1. The average molecular weight is 392 g/mol. The molecule has 1 atom stereocenters. The maximum Gasteiger partial charge on any atom is 0.322 e. The van der Waals surface area contributed by atoms with Gasteiger partial charge in [-0.3, -0.25) is 4.79 Å². The molecule has 1 saturated heterocycles. The molecule has 154 valence electrons. The zero-order valence-electron chi connectivity index (χ0n) is 16.2. The van der Waals surface area contributed by atoms with E-state index in [1.54, 1.807) is 30.2 Å². The number of amides is 3. The molecule has 1 fully saturated rings. The standard InChI is InChI=1S/C19H28N4O5/c1-26-10-8-20-6-7-21-18(24)15-3-2-9-23(15)19(25)22-14-4-5-16-17(13-14)28-12-11-27-16/h4-5,13,15,20H,2-3,6-12H2,1H3,(H,21,24)(H,22,25)/t15-/m0/s1. The monoisotopic (exact) mass is 392 g/mol. The first-order valence-corrected chi connectivity index (χ1v) is 9.63. The molecular formula is C19H28N4O5. The highest BCUT2D eigenvalue weighted by Crippen LogP contribution is 2.32. The number of benzene rings is 1. The van der Waals surface area contributed by atoms with Gasteiger partial charge in [-0.15, -0.1) is 0 Å². The predicted octanol–water partition coefficient (Wildman–Crippen LogP) is 0.806. The van der Waals surface area contributed by atoms with Crippen LogP contribution in [0.5, 0.6) is 11.5 Å². The second kappa shape index (κ2) is 10.1. The molecule has 3 rings (SSSR count). The highest BCUT2D eigenvalue weighted by molar-refractivity contribution is 5.94. The topological polar surface area (TPSA) is 101 Å². The summed E-state index contributed by atoms with van der Waals surface area (Å²) in [7, 11) is 1.65. The third-order valence-corrected chi connectivity index (χ3v) is 4.69. The van der Waals surface area contributed by atoms with Crippen molar-refractivity contribution >= 4 is 17.6 Å². The maximum atomic E-state index is 12.7. The smallest absolute Gasteiger partial charge is 0.322 e. The van der Waals surface area contributed by atoms with Crippen molar-refractivity contribution in [3.8, 4) is 11.5 Å². The van der Waals surface area contributed by atoms with E-state index >= 15 is 0 Å². The van der Waals surface area contributed by atoms with E-state index in [1.807, 2.05) is 0 Å². The number of anilines is 1. The lowest BCUT2D eigenvalue weighted by Gasteiger charge is -2.25. The Hall–Kier alpha value is -2.52. The van der Waals surface area contributed by atoms with Crippen molar-refractivity contribution in [2.45, 2.75) is 18.9 Å². The van der Waals surface area contributed by atoms with Gasteiger partial charge in [-0.2, -0.15) is 0 Å². The van der Waals surface area contributed by atoms with E-state index in [0.29, 0.717) is 63.1 Å². The summed E-state index contributed by atoms with van der Waals surface area (Å²) in [5.74, 6) is 1.16. The van der Waals surface area contributed by atoms with Gasteiger partial charge in [-0.25, -0.2) is 4.79 Å². The molecule has 3 N–H and O–H groups in total. The number of hydrogen-bond donors (Lipinski definition) is 3. The van der Waals surface area contributed by atoms with Crippen molar-refractivity contribution in [2.75, 3.05) is 58.4 Å². The van der Waals surface area contributed by atoms with Gasteiger partial charge in [0.05, 0.1) is 6.61 Å². The minimum atomic E-state index is -0.448. The highest BCUT2D eigenvalue weighted by Gasteiger charge is 2.34. The number of nitrogens with one attached hydrogen (secondary N) is 3. The summed E-state index contributed by atoms with van der Waals surface area (Å²) in [6, 6.07) is 4.55. The van der Waals surface area contributed by atoms with Gasteiger partial charge in [0.15, 0.2) is 11.5 Å². The third kappa shape index (κ3) is 5.26. The average Bonchev–Trinajstić information content (AvgIpc) is 3.20. The van der Waals surface area contributed by atoms with E-state index < -0.39 is 6.04 Å². The summed E-state index contributed by atoms with van der Waals surface area (Å²) in [6.07, 6.45) is 1.47. The van der Waals surface area contributed by atoms with Crippen molar-refractivity contribution in [1.29, 1.82) is 0 Å². The molecule has 28 heavy (non-hydrogen) atoms. The Kier molecular flexibility index (Phi) is 7.32. The quantitative estimate of drug-likeness (QED) is 0.566. The second-order valence-corrected chi connectivity index (χ2v) is 6.67. The summed E-state index contributed by atoms with van der Waals surface area (Å²) in [5, 5.41) is 8.91. The molecule has 0 saturated carbocycles. The Morgan fingerprint density at radius 2 is 2.00 bits per heavy atom. The Labute approximate surface area is 164 Å². The van der Waals surface area contributed by atoms with Gasteiger partial charge in [0, 0.05) is 45.0 Å². The van der Waals surface area contributed by atoms with Crippen LogP contribution in [0.25, 0.3) is 0 Å². The molecule has 3 amide bonds. The molecule has 1 aromatic carbocycles. The fourth-order valence-corrected chi connectivity index (χ4v) is 3.29. The number of methoxy groups -OCH3 is 1. The van der Waals surface area contributed by atoms with Gasteiger partial charge in [0.2, 0.25) is 5.91 Å². The van der Waals surface area contributed by atoms with E-state index in [2.05, 4.69) is 16.0 Å². The molecule has 0 unspecified atom stereocenters. The molecule has 0 aliphatic carbocycles. The number of hydrogen-bond acceptors (Lipinski definition) is 6. The number of fused-ring (bicyclic) bond motifs is 1.